The number of benzene rings is 3. The fourth-order valence-electron chi connectivity index (χ4n) is 5.35. The van der Waals surface area contributed by atoms with Crippen molar-refractivity contribution in [2.75, 3.05) is 12.0 Å². The molecule has 3 heterocycles. The first-order chi connectivity index (χ1) is 18.4. The van der Waals surface area contributed by atoms with E-state index in [0.29, 0.717) is 22.7 Å². The Bertz CT molecular complexity index is 1740. The number of ether oxygens (including phenoxy) is 1. The summed E-state index contributed by atoms with van der Waals surface area (Å²) >= 11 is 0. The molecule has 8 heteroatoms. The standard InChI is InChI=1S/C30H25FN4O3/c1-4-34-25-8-6-5-7-21(25)22-16-24(32-17-27(22)34)28(36)33-30(2)23-15-20(38-3)13-14-26(23)35(29(30)37)19-11-9-18(31)10-12-19/h5-17H,4H2,1-3H3,(H,33,36)/t30-/m0/s1. The summed E-state index contributed by atoms with van der Waals surface area (Å²) in [5.41, 5.74) is 2.44. The molecule has 0 radical (unpaired) electrons. The number of aromatic nitrogens is 2. The number of nitrogens with zero attached hydrogens (tertiary/aromatic N) is 3. The highest BCUT2D eigenvalue weighted by Gasteiger charge is 2.49. The van der Waals surface area contributed by atoms with Crippen molar-refractivity contribution in [1.29, 1.82) is 0 Å². The summed E-state index contributed by atoms with van der Waals surface area (Å²) in [5, 5.41) is 4.89. The van der Waals surface area contributed by atoms with Crippen LogP contribution in [0.4, 0.5) is 15.8 Å². The lowest BCUT2D eigenvalue weighted by Crippen LogP contribution is -2.50. The molecule has 190 valence electrons. The molecule has 7 nitrogen and oxygen atoms in total. The molecule has 1 N–H and O–H groups in total. The number of amides is 2. The Kier molecular flexibility index (Phi) is 5.41. The summed E-state index contributed by atoms with van der Waals surface area (Å²) in [4.78, 5) is 33.5. The zero-order chi connectivity index (χ0) is 26.6. The van der Waals surface area contributed by atoms with Gasteiger partial charge in [0.15, 0.2) is 0 Å². The van der Waals surface area contributed by atoms with Gasteiger partial charge >= 0.3 is 0 Å². The number of aryl methyl sites for hydroxylation is 1. The Balaban J connectivity index is 1.43. The largest absolute Gasteiger partial charge is 0.497 e. The predicted octanol–water partition coefficient (Wildman–Crippen LogP) is 5.68. The first kappa shape index (κ1) is 23.7. The van der Waals surface area contributed by atoms with Crippen LogP contribution in [0, 0.1) is 5.82 Å². The Labute approximate surface area is 218 Å². The average molecular weight is 509 g/mol. The lowest BCUT2D eigenvalue weighted by molar-refractivity contribution is -0.122. The molecule has 2 amide bonds. The summed E-state index contributed by atoms with van der Waals surface area (Å²) in [5.74, 6) is -0.711. The summed E-state index contributed by atoms with van der Waals surface area (Å²) in [6.07, 6.45) is 1.70. The van der Waals surface area contributed by atoms with Gasteiger partial charge in [-0.2, -0.15) is 0 Å². The van der Waals surface area contributed by atoms with Gasteiger partial charge in [0.2, 0.25) is 0 Å². The van der Waals surface area contributed by atoms with Crippen LogP contribution in [-0.2, 0) is 16.9 Å². The molecule has 0 unspecified atom stereocenters. The highest BCUT2D eigenvalue weighted by atomic mass is 19.1. The Morgan fingerprint density at radius 3 is 2.53 bits per heavy atom. The molecule has 1 atom stereocenters. The molecule has 1 aliphatic rings. The number of rotatable bonds is 5. The van der Waals surface area contributed by atoms with Crippen LogP contribution in [0.1, 0.15) is 29.9 Å². The van der Waals surface area contributed by atoms with E-state index in [1.54, 1.807) is 37.4 Å². The number of carbonyl (C=O) groups is 2. The molecule has 1 aliphatic heterocycles. The summed E-state index contributed by atoms with van der Waals surface area (Å²) < 4.78 is 21.2. The van der Waals surface area contributed by atoms with Gasteiger partial charge in [0, 0.05) is 34.1 Å². The molecule has 5 aromatic rings. The van der Waals surface area contributed by atoms with Gasteiger partial charge in [0.25, 0.3) is 11.8 Å². The summed E-state index contributed by atoms with van der Waals surface area (Å²) in [6.45, 7) is 4.50. The number of nitrogens with one attached hydrogen (secondary N) is 1. The number of pyridine rings is 1. The van der Waals surface area contributed by atoms with Crippen LogP contribution in [0.15, 0.2) is 79.0 Å². The van der Waals surface area contributed by atoms with Crippen molar-refractivity contribution >= 4 is 45.0 Å². The first-order valence-corrected chi connectivity index (χ1v) is 12.3. The molecule has 38 heavy (non-hydrogen) atoms. The van der Waals surface area contributed by atoms with Crippen LogP contribution >= 0.6 is 0 Å². The molecular weight excluding hydrogens is 483 g/mol. The Morgan fingerprint density at radius 1 is 1.03 bits per heavy atom. The van der Waals surface area contributed by atoms with E-state index in [0.717, 1.165) is 28.4 Å². The van der Waals surface area contributed by atoms with Gasteiger partial charge in [-0.1, -0.05) is 18.2 Å². The van der Waals surface area contributed by atoms with Crippen molar-refractivity contribution in [2.24, 2.45) is 0 Å². The predicted molar refractivity (Wildman–Crippen MR) is 144 cm³/mol. The smallest absolute Gasteiger partial charge is 0.271 e. The van der Waals surface area contributed by atoms with Crippen molar-refractivity contribution in [2.45, 2.75) is 25.9 Å². The minimum Gasteiger partial charge on any atom is -0.497 e. The van der Waals surface area contributed by atoms with Crippen LogP contribution in [0.5, 0.6) is 5.75 Å². The molecule has 0 aliphatic carbocycles. The molecule has 0 saturated carbocycles. The van der Waals surface area contributed by atoms with Gasteiger partial charge < -0.3 is 14.6 Å². The van der Waals surface area contributed by atoms with Crippen molar-refractivity contribution in [1.82, 2.24) is 14.9 Å². The minimum atomic E-state index is -1.41. The van der Waals surface area contributed by atoms with Crippen molar-refractivity contribution < 1.29 is 18.7 Å². The van der Waals surface area contributed by atoms with Crippen molar-refractivity contribution in [3.05, 3.63) is 96.1 Å². The third kappa shape index (κ3) is 3.44. The highest BCUT2D eigenvalue weighted by Crippen LogP contribution is 2.45. The molecule has 2 aromatic heterocycles. The number of para-hydroxylation sites is 1. The van der Waals surface area contributed by atoms with E-state index in [4.69, 9.17) is 4.74 Å². The van der Waals surface area contributed by atoms with Crippen LogP contribution in [0.3, 0.4) is 0 Å². The van der Waals surface area contributed by atoms with Gasteiger partial charge in [-0.05, 0) is 68.4 Å². The molecule has 6 rings (SSSR count). The second-order valence-electron chi connectivity index (χ2n) is 9.43. The van der Waals surface area contributed by atoms with Crippen LogP contribution in [0.2, 0.25) is 0 Å². The van der Waals surface area contributed by atoms with Crippen molar-refractivity contribution in [3.63, 3.8) is 0 Å². The van der Waals surface area contributed by atoms with E-state index in [1.807, 2.05) is 24.3 Å². The molecule has 0 bridgehead atoms. The second-order valence-corrected chi connectivity index (χ2v) is 9.43. The van der Waals surface area contributed by atoms with Gasteiger partial charge in [0.05, 0.1) is 24.5 Å². The third-order valence-electron chi connectivity index (χ3n) is 7.27. The third-order valence-corrected chi connectivity index (χ3v) is 7.27. The van der Waals surface area contributed by atoms with Crippen LogP contribution < -0.4 is 15.0 Å². The van der Waals surface area contributed by atoms with Crippen LogP contribution in [0.25, 0.3) is 21.8 Å². The van der Waals surface area contributed by atoms with Gasteiger partial charge in [-0.25, -0.2) is 9.37 Å². The zero-order valence-electron chi connectivity index (χ0n) is 21.2. The van der Waals surface area contributed by atoms with Crippen LogP contribution in [-0.4, -0.2) is 28.5 Å². The number of hydrogen-bond acceptors (Lipinski definition) is 4. The number of carbonyl (C=O) groups excluding carboxylic acids is 2. The lowest BCUT2D eigenvalue weighted by atomic mass is 9.93. The highest BCUT2D eigenvalue weighted by molar-refractivity contribution is 6.15. The monoisotopic (exact) mass is 508 g/mol. The minimum absolute atomic E-state index is 0.204. The number of methoxy groups -OCH3 is 1. The van der Waals surface area contributed by atoms with Crippen molar-refractivity contribution in [3.8, 4) is 5.75 Å². The summed E-state index contributed by atoms with van der Waals surface area (Å²) in [6, 6.07) is 20.7. The molecule has 0 saturated heterocycles. The van der Waals surface area contributed by atoms with Gasteiger partial charge in [-0.15, -0.1) is 0 Å². The number of halogens is 1. The van der Waals surface area contributed by atoms with Gasteiger partial charge in [-0.3, -0.25) is 14.5 Å². The maximum absolute atomic E-state index is 13.9. The molecule has 3 aromatic carbocycles. The number of anilines is 2. The van der Waals surface area contributed by atoms with E-state index in [9.17, 15) is 14.0 Å². The first-order valence-electron chi connectivity index (χ1n) is 12.3. The maximum Gasteiger partial charge on any atom is 0.271 e. The van der Waals surface area contributed by atoms with E-state index in [1.165, 1.54) is 36.3 Å². The lowest BCUT2D eigenvalue weighted by Gasteiger charge is -2.26. The second kappa shape index (κ2) is 8.69. The van der Waals surface area contributed by atoms with Gasteiger partial charge in [0.1, 0.15) is 22.8 Å². The van der Waals surface area contributed by atoms with E-state index in [-0.39, 0.29) is 11.6 Å². The number of hydrogen-bond donors (Lipinski definition) is 1. The Morgan fingerprint density at radius 2 is 1.79 bits per heavy atom. The average Bonchev–Trinajstić information content (AvgIpc) is 3.37. The zero-order valence-corrected chi connectivity index (χ0v) is 21.2. The van der Waals surface area contributed by atoms with E-state index in [2.05, 4.69) is 21.8 Å². The molecule has 0 fully saturated rings. The maximum atomic E-state index is 13.9. The topological polar surface area (TPSA) is 76.5 Å². The molecule has 0 spiro atoms. The summed E-state index contributed by atoms with van der Waals surface area (Å²) in [7, 11) is 1.54. The SMILES string of the molecule is CCn1c2ccccc2c2cc(C(=O)N[C@]3(C)C(=O)N(c4ccc(F)cc4)c4ccc(OC)cc43)ncc21. The van der Waals surface area contributed by atoms with E-state index >= 15 is 0 Å². The molecular formula is C30H25FN4O3. The quantitative estimate of drug-likeness (QED) is 0.331. The Hall–Kier alpha value is -4.72. The normalized spacial score (nSPS) is 16.7. The van der Waals surface area contributed by atoms with E-state index < -0.39 is 17.3 Å². The number of fused-ring (bicyclic) bond motifs is 4. The fourth-order valence-corrected chi connectivity index (χ4v) is 5.35. The fraction of sp³-hybridized carbons (Fsp3) is 0.167.